The first-order chi connectivity index (χ1) is 48.4. The number of ether oxygens (including phenoxy) is 7. The average molecular weight is 1640 g/mol. The number of pyridine rings is 4. The molecule has 4 heterocycles. The van der Waals surface area contributed by atoms with Crippen molar-refractivity contribution < 1.29 is 85.2 Å². The smallest absolute Gasteiger partial charge is 0.339 e. The Kier molecular flexibility index (Phi) is 27.8. The minimum Gasteiger partial charge on any atom is -0.479 e. The van der Waals surface area contributed by atoms with Gasteiger partial charge in [-0.1, -0.05) is 12.1 Å². The molecule has 2 aliphatic rings. The van der Waals surface area contributed by atoms with Crippen molar-refractivity contribution in [3.8, 4) is 0 Å². The number of carboxylic acids is 1. The van der Waals surface area contributed by atoms with Crippen LogP contribution in [0.4, 0.5) is 17.6 Å². The van der Waals surface area contributed by atoms with Gasteiger partial charge in [-0.25, -0.2) is 46.7 Å². The van der Waals surface area contributed by atoms with E-state index in [0.29, 0.717) is 64.4 Å². The summed E-state index contributed by atoms with van der Waals surface area (Å²) in [7, 11) is 3.99. The Morgan fingerprint density at radius 2 is 0.769 bits per heavy atom. The fraction of sp³-hybridized carbons (Fsp3) is 0.468. The molecule has 8 aromatic rings. The van der Waals surface area contributed by atoms with Crippen LogP contribution in [0.5, 0.6) is 0 Å². The van der Waals surface area contributed by atoms with Crippen LogP contribution in [0.1, 0.15) is 225 Å². The van der Waals surface area contributed by atoms with Crippen LogP contribution in [0.25, 0.3) is 49.2 Å². The molecule has 0 amide bonds. The molecule has 1 saturated carbocycles. The number of carboxylic acid groups (broad SMARTS) is 1. The first kappa shape index (κ1) is 84.3. The van der Waals surface area contributed by atoms with Crippen LogP contribution in [0.3, 0.4) is 0 Å². The molecule has 1 spiro atoms. The predicted molar refractivity (Wildman–Crippen MR) is 402 cm³/mol. The van der Waals surface area contributed by atoms with E-state index in [9.17, 15) is 52.1 Å². The first-order valence-electron chi connectivity index (χ1n) is 33.8. The van der Waals surface area contributed by atoms with Crippen LogP contribution >= 0.6 is 47.8 Å². The van der Waals surface area contributed by atoms with Gasteiger partial charge in [0.15, 0.2) is 24.4 Å². The van der Waals surface area contributed by atoms with E-state index in [1.54, 1.807) is 43.3 Å². The number of esters is 3. The number of aliphatic hydroxyl groups excluding tert-OH is 2. The van der Waals surface area contributed by atoms with E-state index in [-0.39, 0.29) is 24.6 Å². The van der Waals surface area contributed by atoms with Crippen molar-refractivity contribution in [3.63, 3.8) is 0 Å². The van der Waals surface area contributed by atoms with E-state index in [0.717, 1.165) is 84.4 Å². The minimum absolute atomic E-state index is 0.119. The summed E-state index contributed by atoms with van der Waals surface area (Å²) >= 11 is 10.6. The quantitative estimate of drug-likeness (QED) is 0.0436. The molecule has 104 heavy (non-hydrogen) atoms. The molecule has 1 fully saturated rings. The lowest BCUT2D eigenvalue weighted by atomic mass is 9.80. The third-order valence-electron chi connectivity index (χ3n) is 17.1. The van der Waals surface area contributed by atoms with E-state index < -0.39 is 83.5 Å². The van der Waals surface area contributed by atoms with Gasteiger partial charge in [-0.15, -0.1) is 0 Å². The van der Waals surface area contributed by atoms with Crippen molar-refractivity contribution in [2.45, 2.75) is 216 Å². The second-order valence-corrected chi connectivity index (χ2v) is 32.2. The number of halogens is 7. The highest BCUT2D eigenvalue weighted by Crippen LogP contribution is 2.57. The number of rotatable bonds is 17. The van der Waals surface area contributed by atoms with Crippen molar-refractivity contribution in [2.75, 3.05) is 21.3 Å². The molecule has 0 unspecified atom stereocenters. The van der Waals surface area contributed by atoms with Gasteiger partial charge in [-0.2, -0.15) is 0 Å². The second kappa shape index (κ2) is 34.3. The zero-order chi connectivity index (χ0) is 77.6. The lowest BCUT2D eigenvalue weighted by Gasteiger charge is -2.31. The number of fused-ring (bicyclic) bond motifs is 4. The third-order valence-corrected chi connectivity index (χ3v) is 19.7. The minimum atomic E-state index is -2.64. The van der Waals surface area contributed by atoms with Gasteiger partial charge in [0.05, 0.1) is 90.4 Å². The summed E-state index contributed by atoms with van der Waals surface area (Å²) in [6.07, 6.45) is -1.31. The molecule has 4 atom stereocenters. The molecule has 25 heteroatoms. The number of hydrogen-bond donors (Lipinski definition) is 3. The zero-order valence-electron chi connectivity index (χ0n) is 62.2. The van der Waals surface area contributed by atoms with E-state index in [4.69, 9.17) is 33.2 Å². The van der Waals surface area contributed by atoms with Crippen LogP contribution < -0.4 is 0 Å². The van der Waals surface area contributed by atoms with Gasteiger partial charge in [0.25, 0.3) is 12.9 Å². The average Bonchev–Trinajstić information content (AvgIpc) is 0.874. The molecule has 0 saturated heterocycles. The summed E-state index contributed by atoms with van der Waals surface area (Å²) in [5, 5.41) is 31.1. The summed E-state index contributed by atoms with van der Waals surface area (Å²) in [5.74, 6) is -2.50. The number of aromatic nitrogens is 4. The van der Waals surface area contributed by atoms with Crippen molar-refractivity contribution in [2.24, 2.45) is 5.41 Å². The number of aliphatic hydroxyl groups is 2. The highest BCUT2D eigenvalue weighted by Gasteiger charge is 2.44. The number of aryl methyl sites for hydroxylation is 4. The molecule has 0 aliphatic heterocycles. The Morgan fingerprint density at radius 3 is 1.08 bits per heavy atom. The fourth-order valence-corrected chi connectivity index (χ4v) is 14.7. The molecule has 562 valence electrons. The van der Waals surface area contributed by atoms with Gasteiger partial charge in [0.2, 0.25) is 0 Å². The molecule has 10 rings (SSSR count). The van der Waals surface area contributed by atoms with Gasteiger partial charge in [0, 0.05) is 57.2 Å². The molecule has 0 bridgehead atoms. The number of methoxy groups -OCH3 is 3. The van der Waals surface area contributed by atoms with Crippen LogP contribution in [-0.2, 0) is 65.5 Å². The summed E-state index contributed by atoms with van der Waals surface area (Å²) < 4.78 is 93.2. The Balaban J connectivity index is 0.000000196. The number of benzene rings is 4. The Labute approximate surface area is 629 Å². The van der Waals surface area contributed by atoms with Crippen molar-refractivity contribution in [3.05, 3.63) is 165 Å². The Hall–Kier alpha value is -6.94. The second-order valence-electron chi connectivity index (χ2n) is 29.8. The Morgan fingerprint density at radius 1 is 0.462 bits per heavy atom. The van der Waals surface area contributed by atoms with Gasteiger partial charge >= 0.3 is 23.9 Å². The van der Waals surface area contributed by atoms with Crippen LogP contribution in [0, 0.1) is 33.1 Å². The number of hydrogen-bond acceptors (Lipinski definition) is 17. The third kappa shape index (κ3) is 21.0. The Bertz CT molecular complexity index is 4540. The standard InChI is InChI=1S/C26H31F2NO3.C18H20BrF2NO3.C18H22BrNO4.C17H20BrNO4/c1-15-14-19-17(6-7-18(29-19)23(27)28)21(16-8-10-26(11-9-16)12-13-26)20(15)22(24(30)31-5)32-25(2,3)4;1-9-8-12-10(6-7-11(22-12)16(20)21)14(19)13(9)15(17(23)24-5)25-18(2,3)4;1-10-8-13-12(7-6-11(9-21)20-13)15(19)14(10)16(17(22)23-5)24-18(2,3)4;1-9-7-12-11(6-5-10(8-20)19-12)14(18)13(9)15(16(21)22)23-17(2,3)4/h6-8,14,22-23H,9-13H2,1-5H3;6-8,15-16H,1-5H3;6-8,16,21H,9H2,1-5H3;5-7,15,20H,8H2,1-4H3,(H,21,22)/t22-;15-;16-;15-/m0000/s1. The molecule has 18 nitrogen and oxygen atoms in total. The molecule has 0 radical (unpaired) electrons. The summed E-state index contributed by atoms with van der Waals surface area (Å²) in [5.41, 5.74) is 8.89. The van der Waals surface area contributed by atoms with Crippen LogP contribution in [0.15, 0.2) is 92.3 Å². The van der Waals surface area contributed by atoms with Gasteiger partial charge in [0.1, 0.15) is 11.4 Å². The molecule has 4 aromatic heterocycles. The lowest BCUT2D eigenvalue weighted by molar-refractivity contribution is -0.164. The largest absolute Gasteiger partial charge is 0.479 e. The summed E-state index contributed by atoms with van der Waals surface area (Å²) in [6.45, 7) is 29.5. The highest BCUT2D eigenvalue weighted by atomic mass is 79.9. The summed E-state index contributed by atoms with van der Waals surface area (Å²) in [6, 6.07) is 20.2. The van der Waals surface area contributed by atoms with Crippen LogP contribution in [0.2, 0.25) is 0 Å². The van der Waals surface area contributed by atoms with Crippen molar-refractivity contribution in [1.82, 2.24) is 19.9 Å². The van der Waals surface area contributed by atoms with Gasteiger partial charge in [-0.05, 0) is 296 Å². The summed E-state index contributed by atoms with van der Waals surface area (Å²) in [4.78, 5) is 66.2. The molecule has 3 N–H and O–H groups in total. The molecule has 4 aromatic carbocycles. The maximum Gasteiger partial charge on any atom is 0.339 e. The fourth-order valence-electron chi connectivity index (χ4n) is 12.2. The number of allylic oxidation sites excluding steroid dienone is 2. The van der Waals surface area contributed by atoms with E-state index in [1.165, 1.54) is 46.3 Å². The predicted octanol–water partition coefficient (Wildman–Crippen LogP) is 19.7. The number of aliphatic carboxylic acids is 1. The van der Waals surface area contributed by atoms with Gasteiger partial charge < -0.3 is 48.5 Å². The highest BCUT2D eigenvalue weighted by molar-refractivity contribution is 9.11. The molecular weight excluding hydrogens is 1540 g/mol. The topological polar surface area (TPSA) is 245 Å². The normalized spacial score (nSPS) is 14.9. The van der Waals surface area contributed by atoms with Gasteiger partial charge in [-0.3, -0.25) is 9.97 Å². The SMILES string of the molecule is COC(=O)[C@@H](OC(C)(C)C)c1c(C)cc2nc(C(F)F)ccc2c1Br.COC(=O)[C@@H](OC(C)(C)C)c1c(C)cc2nc(C(F)F)ccc2c1C1=CCC2(CC1)CC2.COC(=O)[C@@H](OC(C)(C)C)c1c(C)cc2nc(CO)ccc2c1Br.Cc1cc2nc(CO)ccc2c(Br)c1[C@H](OC(C)(C)C)C(=O)O. The van der Waals surface area contributed by atoms with E-state index in [2.05, 4.69) is 73.8 Å². The maximum absolute atomic E-state index is 13.3. The van der Waals surface area contributed by atoms with E-state index in [1.807, 2.05) is 128 Å². The first-order valence-corrected chi connectivity index (χ1v) is 36.1. The number of nitrogens with zero attached hydrogens (tertiary/aromatic N) is 4. The van der Waals surface area contributed by atoms with Crippen molar-refractivity contribution in [1.29, 1.82) is 0 Å². The molecule has 2 aliphatic carbocycles. The van der Waals surface area contributed by atoms with E-state index >= 15 is 0 Å². The maximum atomic E-state index is 13.3. The molecular formula is C79H93Br3F4N4O14. The lowest BCUT2D eigenvalue weighted by Crippen LogP contribution is -2.29. The number of alkyl halides is 4. The number of carbonyl (C=O) groups excluding carboxylic acids is 3. The van der Waals surface area contributed by atoms with Crippen molar-refractivity contribution >= 4 is 121 Å². The zero-order valence-corrected chi connectivity index (χ0v) is 66.9. The van der Waals surface area contributed by atoms with Crippen LogP contribution in [-0.4, -0.2) is 103 Å². The number of carbonyl (C=O) groups is 4. The monoisotopic (exact) mass is 1630 g/mol.